The number of halogens is 1. The summed E-state index contributed by atoms with van der Waals surface area (Å²) in [5.74, 6) is 0. The van der Waals surface area contributed by atoms with Crippen molar-refractivity contribution >= 4 is 15.9 Å². The average molecular weight is 226 g/mol. The van der Waals surface area contributed by atoms with E-state index >= 15 is 0 Å². The summed E-state index contributed by atoms with van der Waals surface area (Å²) in [5.41, 5.74) is 7.76. The van der Waals surface area contributed by atoms with Crippen molar-refractivity contribution in [2.45, 2.75) is 6.42 Å². The van der Waals surface area contributed by atoms with Gasteiger partial charge in [0.05, 0.1) is 0 Å². The highest BCUT2D eigenvalue weighted by atomic mass is 79.9. The van der Waals surface area contributed by atoms with Crippen LogP contribution in [0.25, 0.3) is 0 Å². The Morgan fingerprint density at radius 1 is 1.50 bits per heavy atom. The van der Waals surface area contributed by atoms with Crippen molar-refractivity contribution in [3.05, 3.63) is 46.5 Å². The van der Waals surface area contributed by atoms with Crippen LogP contribution in [0.2, 0.25) is 0 Å². The van der Waals surface area contributed by atoms with E-state index in [2.05, 4.69) is 34.6 Å². The second kappa shape index (κ2) is 4.43. The van der Waals surface area contributed by atoms with Crippen molar-refractivity contribution in [3.63, 3.8) is 0 Å². The maximum atomic E-state index is 5.45. The van der Waals surface area contributed by atoms with Gasteiger partial charge in [0.2, 0.25) is 0 Å². The van der Waals surface area contributed by atoms with Gasteiger partial charge in [-0.05, 0) is 24.1 Å². The number of hydrogen-bond donors (Lipinski definition) is 1. The normalized spacial score (nSPS) is 9.83. The minimum absolute atomic E-state index is 0.562. The molecule has 0 atom stereocenters. The maximum Gasteiger partial charge on any atom is 0.0178 e. The summed E-state index contributed by atoms with van der Waals surface area (Å²) < 4.78 is 1.10. The van der Waals surface area contributed by atoms with Crippen LogP contribution < -0.4 is 5.73 Å². The second-order valence-corrected chi connectivity index (χ2v) is 3.68. The molecule has 0 aliphatic carbocycles. The largest absolute Gasteiger partial charge is 0.327 e. The molecule has 0 radical (unpaired) electrons. The molecule has 0 aliphatic rings. The molecule has 1 aromatic carbocycles. The standard InChI is InChI=1S/C10H12BrN/c1-8(7-12)5-9-3-2-4-10(11)6-9/h2-4,6H,1,5,7,12H2. The zero-order valence-electron chi connectivity index (χ0n) is 6.89. The van der Waals surface area contributed by atoms with Crippen molar-refractivity contribution in [2.75, 3.05) is 6.54 Å². The van der Waals surface area contributed by atoms with Crippen LogP contribution in [-0.4, -0.2) is 6.54 Å². The van der Waals surface area contributed by atoms with Crippen LogP contribution in [0.1, 0.15) is 5.56 Å². The van der Waals surface area contributed by atoms with E-state index in [0.717, 1.165) is 16.5 Å². The third kappa shape index (κ3) is 2.80. The minimum Gasteiger partial charge on any atom is -0.327 e. The molecular formula is C10H12BrN. The Labute approximate surface area is 81.4 Å². The number of nitrogens with two attached hydrogens (primary N) is 1. The van der Waals surface area contributed by atoms with E-state index in [1.54, 1.807) is 0 Å². The zero-order chi connectivity index (χ0) is 8.97. The molecule has 0 unspecified atom stereocenters. The quantitative estimate of drug-likeness (QED) is 0.787. The predicted molar refractivity (Wildman–Crippen MR) is 56.0 cm³/mol. The molecule has 0 amide bonds. The van der Waals surface area contributed by atoms with Gasteiger partial charge in [-0.15, -0.1) is 0 Å². The summed E-state index contributed by atoms with van der Waals surface area (Å²) in [5, 5.41) is 0. The molecular weight excluding hydrogens is 214 g/mol. The predicted octanol–water partition coefficient (Wildman–Crippen LogP) is 2.51. The first-order chi connectivity index (χ1) is 5.72. The highest BCUT2D eigenvalue weighted by Crippen LogP contribution is 2.13. The fourth-order valence-corrected chi connectivity index (χ4v) is 1.45. The van der Waals surface area contributed by atoms with Gasteiger partial charge in [0.25, 0.3) is 0 Å². The third-order valence-corrected chi connectivity index (χ3v) is 2.13. The number of hydrogen-bond acceptors (Lipinski definition) is 1. The van der Waals surface area contributed by atoms with Crippen molar-refractivity contribution in [1.29, 1.82) is 0 Å². The summed E-state index contributed by atoms with van der Waals surface area (Å²) in [4.78, 5) is 0. The topological polar surface area (TPSA) is 26.0 Å². The molecule has 2 heteroatoms. The van der Waals surface area contributed by atoms with Gasteiger partial charge in [0.1, 0.15) is 0 Å². The summed E-state index contributed by atoms with van der Waals surface area (Å²) in [7, 11) is 0. The summed E-state index contributed by atoms with van der Waals surface area (Å²) in [6, 6.07) is 8.18. The van der Waals surface area contributed by atoms with Gasteiger partial charge in [-0.1, -0.05) is 40.2 Å². The van der Waals surface area contributed by atoms with E-state index in [1.807, 2.05) is 12.1 Å². The van der Waals surface area contributed by atoms with Gasteiger partial charge in [-0.3, -0.25) is 0 Å². The van der Waals surface area contributed by atoms with Crippen LogP contribution in [0.3, 0.4) is 0 Å². The number of benzene rings is 1. The molecule has 1 aromatic rings. The second-order valence-electron chi connectivity index (χ2n) is 2.76. The lowest BCUT2D eigenvalue weighted by molar-refractivity contribution is 1.04. The molecule has 0 saturated heterocycles. The van der Waals surface area contributed by atoms with Crippen molar-refractivity contribution in [2.24, 2.45) is 5.73 Å². The Hall–Kier alpha value is -0.600. The first kappa shape index (κ1) is 9.49. The van der Waals surface area contributed by atoms with Gasteiger partial charge in [-0.25, -0.2) is 0 Å². The highest BCUT2D eigenvalue weighted by Gasteiger charge is 1.95. The van der Waals surface area contributed by atoms with Crippen LogP contribution in [0.5, 0.6) is 0 Å². The Kier molecular flexibility index (Phi) is 3.50. The van der Waals surface area contributed by atoms with E-state index < -0.39 is 0 Å². The SMILES string of the molecule is C=C(CN)Cc1cccc(Br)c1. The number of rotatable bonds is 3. The van der Waals surface area contributed by atoms with E-state index in [0.29, 0.717) is 6.54 Å². The van der Waals surface area contributed by atoms with E-state index in [1.165, 1.54) is 5.56 Å². The van der Waals surface area contributed by atoms with Crippen LogP contribution in [0.4, 0.5) is 0 Å². The lowest BCUT2D eigenvalue weighted by Gasteiger charge is -2.02. The monoisotopic (exact) mass is 225 g/mol. The fraction of sp³-hybridized carbons (Fsp3) is 0.200. The molecule has 2 N–H and O–H groups in total. The lowest BCUT2D eigenvalue weighted by atomic mass is 10.1. The van der Waals surface area contributed by atoms with Crippen molar-refractivity contribution in [3.8, 4) is 0 Å². The Morgan fingerprint density at radius 2 is 2.25 bits per heavy atom. The molecule has 0 saturated carbocycles. The van der Waals surface area contributed by atoms with Crippen LogP contribution >= 0.6 is 15.9 Å². The third-order valence-electron chi connectivity index (χ3n) is 1.63. The average Bonchev–Trinajstić information content (AvgIpc) is 2.04. The van der Waals surface area contributed by atoms with Gasteiger partial charge in [-0.2, -0.15) is 0 Å². The molecule has 0 aliphatic heterocycles. The van der Waals surface area contributed by atoms with E-state index in [4.69, 9.17) is 5.73 Å². The smallest absolute Gasteiger partial charge is 0.0178 e. The van der Waals surface area contributed by atoms with E-state index in [-0.39, 0.29) is 0 Å². The van der Waals surface area contributed by atoms with Crippen LogP contribution in [-0.2, 0) is 6.42 Å². The Balaban J connectivity index is 2.69. The molecule has 0 fully saturated rings. The fourth-order valence-electron chi connectivity index (χ4n) is 1.01. The first-order valence-corrected chi connectivity index (χ1v) is 4.63. The summed E-state index contributed by atoms with van der Waals surface area (Å²) >= 11 is 3.41. The summed E-state index contributed by atoms with van der Waals surface area (Å²) in [6.07, 6.45) is 0.871. The van der Waals surface area contributed by atoms with Crippen LogP contribution in [0, 0.1) is 0 Å². The van der Waals surface area contributed by atoms with Gasteiger partial charge < -0.3 is 5.73 Å². The van der Waals surface area contributed by atoms with E-state index in [9.17, 15) is 0 Å². The molecule has 0 spiro atoms. The van der Waals surface area contributed by atoms with Crippen molar-refractivity contribution in [1.82, 2.24) is 0 Å². The molecule has 0 heterocycles. The molecule has 1 nitrogen and oxygen atoms in total. The summed E-state index contributed by atoms with van der Waals surface area (Å²) in [6.45, 7) is 4.42. The molecule has 0 aromatic heterocycles. The molecule has 64 valence electrons. The molecule has 12 heavy (non-hydrogen) atoms. The first-order valence-electron chi connectivity index (χ1n) is 3.83. The molecule has 0 bridgehead atoms. The lowest BCUT2D eigenvalue weighted by Crippen LogP contribution is -2.04. The zero-order valence-corrected chi connectivity index (χ0v) is 8.47. The minimum atomic E-state index is 0.562. The van der Waals surface area contributed by atoms with Gasteiger partial charge in [0, 0.05) is 11.0 Å². The Bertz CT molecular complexity index is 281. The van der Waals surface area contributed by atoms with Gasteiger partial charge in [0.15, 0.2) is 0 Å². The van der Waals surface area contributed by atoms with Crippen molar-refractivity contribution < 1.29 is 0 Å². The van der Waals surface area contributed by atoms with Crippen LogP contribution in [0.15, 0.2) is 40.9 Å². The maximum absolute atomic E-state index is 5.45. The van der Waals surface area contributed by atoms with Gasteiger partial charge >= 0.3 is 0 Å². The highest BCUT2D eigenvalue weighted by molar-refractivity contribution is 9.10. The Morgan fingerprint density at radius 3 is 2.83 bits per heavy atom. The molecule has 1 rings (SSSR count).